The van der Waals surface area contributed by atoms with E-state index >= 15 is 0 Å². The maximum Gasteiger partial charge on any atom is 0.330 e. The lowest BCUT2D eigenvalue weighted by molar-refractivity contribution is -0.257. The Kier molecular flexibility index (Phi) is 20.1. The Morgan fingerprint density at radius 3 is 2.22 bits per heavy atom. The average Bonchev–Trinajstić information content (AvgIpc) is 4.02. The Bertz CT molecular complexity index is 2240. The predicted octanol–water partition coefficient (Wildman–Crippen LogP) is 13.0. The summed E-state index contributed by atoms with van der Waals surface area (Å²) in [6, 6.07) is 2.73. The molecule has 2 aromatic heterocycles. The van der Waals surface area contributed by atoms with Gasteiger partial charge in [-0.2, -0.15) is 0 Å². The molecular weight excluding hydrogens is 973 g/mol. The molecule has 8 bridgehead atoms. The van der Waals surface area contributed by atoms with E-state index in [1.54, 1.807) is 25.7 Å². The van der Waals surface area contributed by atoms with Crippen LogP contribution in [0.3, 0.4) is 0 Å². The van der Waals surface area contributed by atoms with Gasteiger partial charge in [-0.1, -0.05) is 100 Å². The van der Waals surface area contributed by atoms with E-state index in [0.717, 1.165) is 60.5 Å². The molecule has 16 heteroatoms. The van der Waals surface area contributed by atoms with Gasteiger partial charge in [0, 0.05) is 50.7 Å². The lowest BCUT2D eigenvalue weighted by Gasteiger charge is -2.47. The van der Waals surface area contributed by atoms with Crippen LogP contribution in [-0.4, -0.2) is 107 Å². The molecule has 0 N–H and O–H groups in total. The van der Waals surface area contributed by atoms with Crippen molar-refractivity contribution < 1.29 is 55.7 Å². The summed E-state index contributed by atoms with van der Waals surface area (Å²) in [6.45, 7) is 31.1. The van der Waals surface area contributed by atoms with Gasteiger partial charge in [0.25, 0.3) is 0 Å². The first-order chi connectivity index (χ1) is 35.3. The Morgan fingerprint density at radius 2 is 1.54 bits per heavy atom. The van der Waals surface area contributed by atoms with Crippen molar-refractivity contribution in [1.29, 1.82) is 0 Å². The molecule has 412 valence electrons. The van der Waals surface area contributed by atoms with Crippen LogP contribution < -0.4 is 0 Å². The van der Waals surface area contributed by atoms with Gasteiger partial charge in [-0.25, -0.2) is 14.8 Å². The molecule has 14 nitrogen and oxygen atoms in total. The monoisotopic (exact) mass is 1060 g/mol. The van der Waals surface area contributed by atoms with E-state index in [9.17, 15) is 9.59 Å². The molecule has 0 saturated carbocycles. The van der Waals surface area contributed by atoms with E-state index < -0.39 is 46.7 Å². The van der Waals surface area contributed by atoms with Crippen LogP contribution in [0.5, 0.6) is 0 Å². The SMILES string of the molecule is C=C1C[C@@H]2C[C@@H]3C[C@H](O[Si](C(C)C)(C(C)C)C(C)C)C[C@@H](O3)c3coc(n3)/C=C/C[C@H]3O[C@@H](/C(C)=C/c4coc(C[C@]5(O[Si](CC)(CC)CC)C[C@H](OC)C[C@H](C=O)O5)n4)[C@H](C)[C@@H](OC(=O)/C=C\C[C@@H](C1)O2)[C@@H]3C. The normalized spacial score (nSPS) is 33.8. The number of nitrogens with zero attached hydrogens (tertiary/aromatic N) is 2. The van der Waals surface area contributed by atoms with Gasteiger partial charge in [0.05, 0.1) is 49.1 Å². The number of rotatable bonds is 16. The van der Waals surface area contributed by atoms with Crippen molar-refractivity contribution in [2.45, 2.75) is 249 Å². The van der Waals surface area contributed by atoms with E-state index in [1.165, 1.54) is 0 Å². The molecule has 0 spiro atoms. The number of hydrogen-bond acceptors (Lipinski definition) is 14. The lowest BCUT2D eigenvalue weighted by atomic mass is 9.79. The molecule has 74 heavy (non-hydrogen) atoms. The highest BCUT2D eigenvalue weighted by atomic mass is 28.4. The molecule has 0 aliphatic carbocycles. The van der Waals surface area contributed by atoms with Gasteiger partial charge in [-0.3, -0.25) is 0 Å². The number of hydrogen-bond donors (Lipinski definition) is 0. The first-order valence-corrected chi connectivity index (χ1v) is 32.7. The minimum Gasteiger partial charge on any atom is -0.458 e. The minimum atomic E-state index is -2.23. The number of methoxy groups -OCH3 is 1. The second-order valence-electron chi connectivity index (χ2n) is 23.2. The Labute approximate surface area is 444 Å². The van der Waals surface area contributed by atoms with Crippen molar-refractivity contribution in [2.24, 2.45) is 11.8 Å². The summed E-state index contributed by atoms with van der Waals surface area (Å²) >= 11 is 0. The minimum absolute atomic E-state index is 0.00185. The second kappa shape index (κ2) is 25.4. The van der Waals surface area contributed by atoms with Gasteiger partial charge in [-0.05, 0) is 91.5 Å². The zero-order valence-corrected chi connectivity index (χ0v) is 49.0. The van der Waals surface area contributed by atoms with E-state index in [0.29, 0.717) is 72.6 Å². The third-order valence-corrected chi connectivity index (χ3v) is 28.1. The number of carbonyl (C=O) groups excluding carboxylic acids is 2. The van der Waals surface area contributed by atoms with Crippen molar-refractivity contribution in [1.82, 2.24) is 9.97 Å². The van der Waals surface area contributed by atoms with Crippen LogP contribution >= 0.6 is 0 Å². The van der Waals surface area contributed by atoms with Gasteiger partial charge in [-0.15, -0.1) is 0 Å². The first kappa shape index (κ1) is 58.4. The summed E-state index contributed by atoms with van der Waals surface area (Å²) in [6.07, 6.45) is 16.7. The van der Waals surface area contributed by atoms with Crippen molar-refractivity contribution in [3.05, 3.63) is 71.6 Å². The molecule has 0 aromatic carbocycles. The van der Waals surface area contributed by atoms with Crippen LogP contribution in [0.2, 0.25) is 34.8 Å². The summed E-state index contributed by atoms with van der Waals surface area (Å²) in [4.78, 5) is 36.0. The van der Waals surface area contributed by atoms with Gasteiger partial charge >= 0.3 is 5.97 Å². The van der Waals surface area contributed by atoms with E-state index in [-0.39, 0.29) is 61.0 Å². The fourth-order valence-electron chi connectivity index (χ4n) is 13.3. The number of esters is 1. The molecule has 2 aromatic rings. The van der Waals surface area contributed by atoms with Gasteiger partial charge in [0.2, 0.25) is 14.2 Å². The van der Waals surface area contributed by atoms with Crippen molar-refractivity contribution in [3.8, 4) is 0 Å². The van der Waals surface area contributed by atoms with Gasteiger partial charge < -0.3 is 50.9 Å². The molecule has 13 atom stereocenters. The van der Waals surface area contributed by atoms with E-state index in [2.05, 4.69) is 82.7 Å². The topological polar surface area (TPSA) is 160 Å². The molecule has 0 unspecified atom stereocenters. The fraction of sp³-hybridized carbons (Fsp3) is 0.724. The third kappa shape index (κ3) is 13.7. The van der Waals surface area contributed by atoms with Crippen LogP contribution in [0, 0.1) is 11.8 Å². The number of carbonyl (C=O) groups is 2. The number of aldehydes is 1. The van der Waals surface area contributed by atoms with Crippen LogP contribution in [0.4, 0.5) is 0 Å². The maximum atomic E-state index is 13.8. The quantitative estimate of drug-likeness (QED) is 0.0676. The van der Waals surface area contributed by atoms with Crippen LogP contribution in [0.25, 0.3) is 12.2 Å². The van der Waals surface area contributed by atoms with Crippen LogP contribution in [0.1, 0.15) is 170 Å². The molecule has 4 saturated heterocycles. The highest BCUT2D eigenvalue weighted by molar-refractivity contribution is 6.77. The zero-order valence-electron chi connectivity index (χ0n) is 47.0. The van der Waals surface area contributed by atoms with Crippen molar-refractivity contribution >= 4 is 41.0 Å². The molecule has 5 aliphatic rings. The summed E-state index contributed by atoms with van der Waals surface area (Å²) in [5.74, 6) is -0.964. The smallest absolute Gasteiger partial charge is 0.330 e. The number of oxazole rings is 2. The first-order valence-electron chi connectivity index (χ1n) is 28.1. The molecule has 4 fully saturated rings. The third-order valence-electron chi connectivity index (χ3n) is 17.2. The summed E-state index contributed by atoms with van der Waals surface area (Å²) < 4.78 is 66.3. The Hall–Kier alpha value is -3.33. The fourth-order valence-corrected chi connectivity index (χ4v) is 21.8. The highest BCUT2D eigenvalue weighted by Crippen LogP contribution is 2.47. The largest absolute Gasteiger partial charge is 0.458 e. The van der Waals surface area contributed by atoms with Crippen LogP contribution in [-0.2, 0) is 53.3 Å². The van der Waals surface area contributed by atoms with Gasteiger partial charge in [0.1, 0.15) is 48.5 Å². The maximum absolute atomic E-state index is 13.8. The van der Waals surface area contributed by atoms with Crippen molar-refractivity contribution in [3.63, 3.8) is 0 Å². The summed E-state index contributed by atoms with van der Waals surface area (Å²) in [7, 11) is -2.78. The molecular formula is C58H90N2O12Si2. The summed E-state index contributed by atoms with van der Waals surface area (Å²) in [5.41, 5.74) is 4.75. The van der Waals surface area contributed by atoms with Crippen molar-refractivity contribution in [2.75, 3.05) is 7.11 Å². The molecule has 0 radical (unpaired) electrons. The Balaban J connectivity index is 1.15. The van der Waals surface area contributed by atoms with E-state index in [4.69, 9.17) is 56.1 Å². The number of fused-ring (bicyclic) bond motifs is 9. The second-order valence-corrected chi connectivity index (χ2v) is 33.3. The standard InChI is InChI=1S/C58H90N2O12Si2/c1-15-73(16-2,17-3)72-58(31-48(63-14)29-49(33-61)70-58)32-54-59-43(34-64-54)26-40(11)56-42(13)57-41(12)51(68-56)21-19-22-53-60-50(35-65-53)52-30-47(71-74(36(4)5,37(6)7)38(8)9)28-46(67-52)27-45-25-39(10)24-44(66-45)20-18-23-55(62)69-57/h18-19,22-23,26,33-38,41-42,44-49,51-52,56-57H,10,15-17,20-21,24-25,27-32H2,1-9,11-14H3/b22-19+,23-18-,40-26+/t41-,42+,44+,45-,46-,47+,48-,49-,51-,52-,56+,57+,58-/m1/s1. The molecule has 7 heterocycles. The average molecular weight is 1060 g/mol. The molecule has 5 aliphatic heterocycles. The van der Waals surface area contributed by atoms with Crippen LogP contribution in [0.15, 0.2) is 57.3 Å². The summed E-state index contributed by atoms with van der Waals surface area (Å²) in [5, 5.41) is 0. The predicted molar refractivity (Wildman–Crippen MR) is 291 cm³/mol. The Morgan fingerprint density at radius 1 is 0.838 bits per heavy atom. The number of ether oxygens (including phenoxy) is 6. The highest BCUT2D eigenvalue weighted by Gasteiger charge is 2.51. The van der Waals surface area contributed by atoms with Gasteiger partial charge in [0.15, 0.2) is 20.0 Å². The van der Waals surface area contributed by atoms with E-state index in [1.807, 2.05) is 31.2 Å². The zero-order chi connectivity index (χ0) is 53.5. The lowest BCUT2D eigenvalue weighted by Crippen LogP contribution is -2.56. The molecule has 0 amide bonds. The molecule has 7 rings (SSSR count). The number of aromatic nitrogens is 2.